The number of aryl methyl sites for hydroxylation is 1. The second kappa shape index (κ2) is 4.41. The first-order valence-electron chi connectivity index (χ1n) is 5.89. The average Bonchev–Trinajstić information content (AvgIpc) is 2.80. The van der Waals surface area contributed by atoms with Crippen molar-refractivity contribution in [3.63, 3.8) is 0 Å². The summed E-state index contributed by atoms with van der Waals surface area (Å²) in [5, 5.41) is 13.7. The summed E-state index contributed by atoms with van der Waals surface area (Å²) in [6.07, 6.45) is 1.44. The maximum atomic E-state index is 13.8. The zero-order chi connectivity index (χ0) is 14.3. The van der Waals surface area contributed by atoms with Crippen LogP contribution >= 0.6 is 0 Å². The van der Waals surface area contributed by atoms with Gasteiger partial charge in [-0.2, -0.15) is 5.10 Å². The minimum absolute atomic E-state index is 0.0568. The fourth-order valence-electron chi connectivity index (χ4n) is 2.10. The molecule has 3 aromatic rings. The van der Waals surface area contributed by atoms with Gasteiger partial charge in [-0.25, -0.2) is 14.2 Å². The Labute approximate surface area is 113 Å². The summed E-state index contributed by atoms with van der Waals surface area (Å²) >= 11 is 0. The second-order valence-corrected chi connectivity index (χ2v) is 4.35. The van der Waals surface area contributed by atoms with Gasteiger partial charge in [0.2, 0.25) is 0 Å². The van der Waals surface area contributed by atoms with Crippen LogP contribution < -0.4 is 0 Å². The zero-order valence-electron chi connectivity index (χ0n) is 10.5. The van der Waals surface area contributed by atoms with Gasteiger partial charge in [0.05, 0.1) is 22.8 Å². The van der Waals surface area contributed by atoms with Gasteiger partial charge in [0.1, 0.15) is 5.82 Å². The van der Waals surface area contributed by atoms with Crippen LogP contribution in [0.3, 0.4) is 0 Å². The van der Waals surface area contributed by atoms with E-state index < -0.39 is 11.8 Å². The minimum atomic E-state index is -1.09. The Morgan fingerprint density at radius 2 is 2.10 bits per heavy atom. The van der Waals surface area contributed by atoms with E-state index in [0.717, 1.165) is 0 Å². The predicted octanol–water partition coefficient (Wildman–Crippen LogP) is 2.47. The molecular weight excluding hydrogens is 261 g/mol. The number of fused-ring (bicyclic) bond motifs is 1. The third-order valence-corrected chi connectivity index (χ3v) is 3.09. The van der Waals surface area contributed by atoms with Crippen LogP contribution in [0.15, 0.2) is 36.5 Å². The molecule has 0 amide bonds. The van der Waals surface area contributed by atoms with Crippen LogP contribution in [-0.2, 0) is 7.05 Å². The molecular formula is C14H10FN3O2. The van der Waals surface area contributed by atoms with Gasteiger partial charge < -0.3 is 5.11 Å². The summed E-state index contributed by atoms with van der Waals surface area (Å²) in [6, 6.07) is 7.48. The number of pyridine rings is 1. The molecule has 3 rings (SSSR count). The highest BCUT2D eigenvalue weighted by Crippen LogP contribution is 2.26. The van der Waals surface area contributed by atoms with E-state index in [0.29, 0.717) is 11.0 Å². The number of carboxylic acid groups (broad SMARTS) is 1. The Balaban J connectivity index is 2.35. The monoisotopic (exact) mass is 271 g/mol. The van der Waals surface area contributed by atoms with Gasteiger partial charge in [-0.05, 0) is 18.2 Å². The van der Waals surface area contributed by atoms with E-state index in [1.807, 2.05) is 0 Å². The number of benzene rings is 1. The van der Waals surface area contributed by atoms with Crippen LogP contribution in [0.25, 0.3) is 22.3 Å². The number of aromatic carboxylic acids is 1. The Bertz CT molecular complexity index is 826. The van der Waals surface area contributed by atoms with Gasteiger partial charge in [0.15, 0.2) is 5.65 Å². The van der Waals surface area contributed by atoms with E-state index in [2.05, 4.69) is 10.1 Å². The van der Waals surface area contributed by atoms with Gasteiger partial charge in [0, 0.05) is 12.6 Å². The molecule has 2 heterocycles. The molecule has 0 aliphatic rings. The lowest BCUT2D eigenvalue weighted by atomic mass is 10.1. The second-order valence-electron chi connectivity index (χ2n) is 4.35. The summed E-state index contributed by atoms with van der Waals surface area (Å²) < 4.78 is 15.3. The number of hydrogen-bond acceptors (Lipinski definition) is 3. The summed E-state index contributed by atoms with van der Waals surface area (Å²) in [5.41, 5.74) is 0.999. The molecule has 0 atom stereocenters. The lowest BCUT2D eigenvalue weighted by Crippen LogP contribution is -2.01. The molecule has 20 heavy (non-hydrogen) atoms. The molecule has 0 radical (unpaired) electrons. The molecule has 0 saturated heterocycles. The molecule has 1 N–H and O–H groups in total. The van der Waals surface area contributed by atoms with Crippen LogP contribution in [-0.4, -0.2) is 25.8 Å². The first-order chi connectivity index (χ1) is 9.58. The zero-order valence-corrected chi connectivity index (χ0v) is 10.5. The Morgan fingerprint density at radius 1 is 1.35 bits per heavy atom. The predicted molar refractivity (Wildman–Crippen MR) is 70.9 cm³/mol. The molecule has 1 aromatic carbocycles. The number of carbonyl (C=O) groups is 1. The van der Waals surface area contributed by atoms with E-state index in [4.69, 9.17) is 0 Å². The molecule has 5 nitrogen and oxygen atoms in total. The van der Waals surface area contributed by atoms with E-state index >= 15 is 0 Å². The summed E-state index contributed by atoms with van der Waals surface area (Å²) in [5.74, 6) is -1.54. The van der Waals surface area contributed by atoms with Crippen LogP contribution in [0.2, 0.25) is 0 Å². The van der Waals surface area contributed by atoms with Crippen molar-refractivity contribution in [2.75, 3.05) is 0 Å². The molecule has 0 spiro atoms. The standard InChI is InChI=1S/C14H10FN3O2/c1-18-13-10(7-16-18)9(14(19)20)6-12(17-13)8-4-2-3-5-11(8)15/h2-7H,1H3,(H,19,20). The number of nitrogens with zero attached hydrogens (tertiary/aromatic N) is 3. The highest BCUT2D eigenvalue weighted by atomic mass is 19.1. The van der Waals surface area contributed by atoms with Crippen LogP contribution in [0, 0.1) is 5.82 Å². The normalized spacial score (nSPS) is 10.9. The van der Waals surface area contributed by atoms with Gasteiger partial charge in [-0.1, -0.05) is 12.1 Å². The van der Waals surface area contributed by atoms with E-state index in [1.54, 1.807) is 25.2 Å². The van der Waals surface area contributed by atoms with Gasteiger partial charge in [0.25, 0.3) is 0 Å². The smallest absolute Gasteiger partial charge is 0.336 e. The first-order valence-corrected chi connectivity index (χ1v) is 5.89. The maximum absolute atomic E-state index is 13.8. The number of rotatable bonds is 2. The van der Waals surface area contributed by atoms with Crippen molar-refractivity contribution in [1.82, 2.24) is 14.8 Å². The molecule has 0 aliphatic carbocycles. The van der Waals surface area contributed by atoms with Crippen molar-refractivity contribution in [2.24, 2.45) is 7.05 Å². The number of carboxylic acids is 1. The third-order valence-electron chi connectivity index (χ3n) is 3.09. The molecule has 2 aromatic heterocycles. The van der Waals surface area contributed by atoms with E-state index in [-0.39, 0.29) is 16.8 Å². The third kappa shape index (κ3) is 1.82. The Hall–Kier alpha value is -2.76. The van der Waals surface area contributed by atoms with Crippen LogP contribution in [0.5, 0.6) is 0 Å². The average molecular weight is 271 g/mol. The molecule has 0 saturated carbocycles. The summed E-state index contributed by atoms with van der Waals surface area (Å²) in [6.45, 7) is 0. The highest BCUT2D eigenvalue weighted by molar-refractivity contribution is 6.02. The van der Waals surface area contributed by atoms with Crippen LogP contribution in [0.4, 0.5) is 4.39 Å². The number of halogens is 1. The van der Waals surface area contributed by atoms with Crippen molar-refractivity contribution in [2.45, 2.75) is 0 Å². The number of hydrogen-bond donors (Lipinski definition) is 1. The lowest BCUT2D eigenvalue weighted by Gasteiger charge is -2.05. The fraction of sp³-hybridized carbons (Fsp3) is 0.0714. The van der Waals surface area contributed by atoms with E-state index in [9.17, 15) is 14.3 Å². The number of aromatic nitrogens is 3. The largest absolute Gasteiger partial charge is 0.478 e. The van der Waals surface area contributed by atoms with Gasteiger partial charge in [-0.3, -0.25) is 4.68 Å². The Kier molecular flexibility index (Phi) is 2.71. The maximum Gasteiger partial charge on any atom is 0.336 e. The van der Waals surface area contributed by atoms with Crippen molar-refractivity contribution in [3.05, 3.63) is 47.9 Å². The van der Waals surface area contributed by atoms with E-state index in [1.165, 1.54) is 23.0 Å². The molecule has 100 valence electrons. The summed E-state index contributed by atoms with van der Waals surface area (Å²) in [7, 11) is 1.66. The lowest BCUT2D eigenvalue weighted by molar-refractivity contribution is 0.0699. The topological polar surface area (TPSA) is 68.0 Å². The quantitative estimate of drug-likeness (QED) is 0.777. The van der Waals surface area contributed by atoms with Gasteiger partial charge in [-0.15, -0.1) is 0 Å². The van der Waals surface area contributed by atoms with Crippen molar-refractivity contribution < 1.29 is 14.3 Å². The molecule has 0 aliphatic heterocycles. The molecule has 0 fully saturated rings. The van der Waals surface area contributed by atoms with Crippen molar-refractivity contribution >= 4 is 17.0 Å². The summed E-state index contributed by atoms with van der Waals surface area (Å²) in [4.78, 5) is 15.6. The van der Waals surface area contributed by atoms with Gasteiger partial charge >= 0.3 is 5.97 Å². The SMILES string of the molecule is Cn1ncc2c(C(=O)O)cc(-c3ccccc3F)nc21. The minimum Gasteiger partial charge on any atom is -0.478 e. The highest BCUT2D eigenvalue weighted by Gasteiger charge is 2.16. The fourth-order valence-corrected chi connectivity index (χ4v) is 2.10. The first kappa shape index (κ1) is 12.3. The van der Waals surface area contributed by atoms with Crippen molar-refractivity contribution in [1.29, 1.82) is 0 Å². The molecule has 0 bridgehead atoms. The van der Waals surface area contributed by atoms with Crippen molar-refractivity contribution in [3.8, 4) is 11.3 Å². The Morgan fingerprint density at radius 3 is 2.80 bits per heavy atom. The molecule has 6 heteroatoms. The molecule has 0 unspecified atom stereocenters. The van der Waals surface area contributed by atoms with Crippen LogP contribution in [0.1, 0.15) is 10.4 Å².